The van der Waals surface area contributed by atoms with E-state index in [0.717, 1.165) is 17.8 Å². The third kappa shape index (κ3) is 2.91. The summed E-state index contributed by atoms with van der Waals surface area (Å²) < 4.78 is 26.8. The molecule has 6 heteroatoms. The van der Waals surface area contributed by atoms with E-state index in [0.29, 0.717) is 13.0 Å². The molecule has 0 amide bonds. The van der Waals surface area contributed by atoms with Crippen molar-refractivity contribution in [2.24, 2.45) is 0 Å². The summed E-state index contributed by atoms with van der Waals surface area (Å²) in [5, 5.41) is 4.61. The van der Waals surface area contributed by atoms with Crippen LogP contribution in [-0.4, -0.2) is 11.5 Å². The molecule has 3 nitrogen and oxygen atoms in total. The van der Waals surface area contributed by atoms with Crippen LogP contribution in [0, 0.1) is 11.6 Å². The smallest absolute Gasteiger partial charge is 0.151 e. The summed E-state index contributed by atoms with van der Waals surface area (Å²) in [6, 6.07) is 2.18. The van der Waals surface area contributed by atoms with Crippen molar-refractivity contribution in [2.45, 2.75) is 6.42 Å². The first-order valence-corrected chi connectivity index (χ1v) is 5.96. The number of nitrogen functional groups attached to an aromatic ring is 1. The van der Waals surface area contributed by atoms with E-state index in [2.05, 4.69) is 10.3 Å². The summed E-state index contributed by atoms with van der Waals surface area (Å²) >= 11 is 1.49. The van der Waals surface area contributed by atoms with Gasteiger partial charge in [0.2, 0.25) is 0 Å². The maximum absolute atomic E-state index is 13.4. The topological polar surface area (TPSA) is 50.9 Å². The van der Waals surface area contributed by atoms with Gasteiger partial charge in [-0.3, -0.25) is 0 Å². The average molecular weight is 255 g/mol. The molecule has 0 fully saturated rings. The minimum atomic E-state index is -0.680. The quantitative estimate of drug-likeness (QED) is 0.826. The van der Waals surface area contributed by atoms with Gasteiger partial charge in [-0.25, -0.2) is 13.8 Å². The lowest BCUT2D eigenvalue weighted by atomic mass is 10.2. The van der Waals surface area contributed by atoms with E-state index in [4.69, 9.17) is 5.73 Å². The van der Waals surface area contributed by atoms with Crippen molar-refractivity contribution in [3.05, 3.63) is 40.4 Å². The van der Waals surface area contributed by atoms with Crippen LogP contribution < -0.4 is 11.1 Å². The minimum absolute atomic E-state index is 0.0741. The van der Waals surface area contributed by atoms with Crippen LogP contribution in [0.2, 0.25) is 0 Å². The van der Waals surface area contributed by atoms with Gasteiger partial charge in [0.25, 0.3) is 0 Å². The monoisotopic (exact) mass is 255 g/mol. The van der Waals surface area contributed by atoms with Crippen LogP contribution in [0.3, 0.4) is 0 Å². The second-order valence-corrected chi connectivity index (χ2v) is 4.23. The molecule has 1 aromatic heterocycles. The molecule has 0 spiro atoms. The first-order valence-electron chi connectivity index (χ1n) is 5.02. The number of benzene rings is 1. The standard InChI is InChI=1S/C11H11F2N3S/c12-9-3-7(14)4-10(13)11(9)15-2-1-8-5-17-6-16-8/h3-6,15H,1-2,14H2. The molecule has 0 aliphatic rings. The van der Waals surface area contributed by atoms with Gasteiger partial charge < -0.3 is 11.1 Å². The molecule has 90 valence electrons. The van der Waals surface area contributed by atoms with Crippen LogP contribution in [0.25, 0.3) is 0 Å². The van der Waals surface area contributed by atoms with Crippen molar-refractivity contribution in [3.63, 3.8) is 0 Å². The number of nitrogens with zero attached hydrogens (tertiary/aromatic N) is 1. The van der Waals surface area contributed by atoms with Crippen molar-refractivity contribution in [1.29, 1.82) is 0 Å². The molecular formula is C11H11F2N3S. The van der Waals surface area contributed by atoms with Gasteiger partial charge in [0.1, 0.15) is 5.69 Å². The van der Waals surface area contributed by atoms with Gasteiger partial charge in [0, 0.05) is 24.0 Å². The van der Waals surface area contributed by atoms with E-state index in [1.807, 2.05) is 5.38 Å². The van der Waals surface area contributed by atoms with Gasteiger partial charge in [-0.2, -0.15) is 0 Å². The van der Waals surface area contributed by atoms with Gasteiger partial charge >= 0.3 is 0 Å². The van der Waals surface area contributed by atoms with Crippen molar-refractivity contribution in [2.75, 3.05) is 17.6 Å². The highest BCUT2D eigenvalue weighted by Crippen LogP contribution is 2.21. The van der Waals surface area contributed by atoms with Crippen LogP contribution in [-0.2, 0) is 6.42 Å². The Morgan fingerprint density at radius 3 is 2.59 bits per heavy atom. The first kappa shape index (κ1) is 11.8. The predicted molar refractivity (Wildman–Crippen MR) is 65.1 cm³/mol. The molecule has 0 aliphatic heterocycles. The lowest BCUT2D eigenvalue weighted by Gasteiger charge is -2.08. The molecule has 0 atom stereocenters. The number of anilines is 2. The molecule has 1 aromatic carbocycles. The number of halogens is 2. The van der Waals surface area contributed by atoms with E-state index in [1.54, 1.807) is 5.51 Å². The Balaban J connectivity index is 1.99. The highest BCUT2D eigenvalue weighted by atomic mass is 32.1. The predicted octanol–water partition coefficient (Wildman–Crippen LogP) is 2.66. The summed E-state index contributed by atoms with van der Waals surface area (Å²) in [6.45, 7) is 0.418. The fraction of sp³-hybridized carbons (Fsp3) is 0.182. The number of nitrogens with one attached hydrogen (secondary N) is 1. The number of thiazole rings is 1. The van der Waals surface area contributed by atoms with Crippen LogP contribution in [0.15, 0.2) is 23.0 Å². The number of nitrogens with two attached hydrogens (primary N) is 1. The van der Waals surface area contributed by atoms with Gasteiger partial charge in [0.15, 0.2) is 11.6 Å². The third-order valence-corrected chi connectivity index (χ3v) is 2.87. The lowest BCUT2D eigenvalue weighted by Crippen LogP contribution is -2.08. The molecule has 3 N–H and O–H groups in total. The minimum Gasteiger partial charge on any atom is -0.399 e. The van der Waals surface area contributed by atoms with Gasteiger partial charge in [-0.05, 0) is 12.1 Å². The lowest BCUT2D eigenvalue weighted by molar-refractivity contribution is 0.589. The van der Waals surface area contributed by atoms with Gasteiger partial charge in [-0.15, -0.1) is 11.3 Å². The molecule has 2 rings (SSSR count). The number of hydrogen-bond donors (Lipinski definition) is 2. The third-order valence-electron chi connectivity index (χ3n) is 2.23. The Hall–Kier alpha value is -1.69. The summed E-state index contributed by atoms with van der Waals surface area (Å²) in [6.07, 6.45) is 0.618. The molecule has 1 heterocycles. The molecular weight excluding hydrogens is 244 g/mol. The summed E-state index contributed by atoms with van der Waals surface area (Å²) in [7, 11) is 0. The molecule has 17 heavy (non-hydrogen) atoms. The van der Waals surface area contributed by atoms with E-state index in [-0.39, 0.29) is 11.4 Å². The SMILES string of the molecule is Nc1cc(F)c(NCCc2cscn2)c(F)c1. The Bertz CT molecular complexity index is 476. The highest BCUT2D eigenvalue weighted by molar-refractivity contribution is 7.07. The molecule has 0 saturated carbocycles. The number of rotatable bonds is 4. The Morgan fingerprint density at radius 1 is 1.29 bits per heavy atom. The van der Waals surface area contributed by atoms with Crippen LogP contribution in [0.1, 0.15) is 5.69 Å². The van der Waals surface area contributed by atoms with Gasteiger partial charge in [0.05, 0.1) is 11.2 Å². The largest absolute Gasteiger partial charge is 0.399 e. The Kier molecular flexibility index (Phi) is 3.53. The normalized spacial score (nSPS) is 10.5. The zero-order chi connectivity index (χ0) is 12.3. The fourth-order valence-electron chi connectivity index (χ4n) is 1.44. The zero-order valence-corrected chi connectivity index (χ0v) is 9.73. The Labute approximate surface area is 101 Å². The van der Waals surface area contributed by atoms with Crippen LogP contribution in [0.4, 0.5) is 20.2 Å². The second kappa shape index (κ2) is 5.09. The molecule has 2 aromatic rings. The van der Waals surface area contributed by atoms with Gasteiger partial charge in [-0.1, -0.05) is 0 Å². The van der Waals surface area contributed by atoms with E-state index in [1.165, 1.54) is 11.3 Å². The molecule has 0 bridgehead atoms. The van der Waals surface area contributed by atoms with Crippen LogP contribution >= 0.6 is 11.3 Å². The van der Waals surface area contributed by atoms with Crippen molar-refractivity contribution >= 4 is 22.7 Å². The molecule has 0 radical (unpaired) electrons. The fourth-order valence-corrected chi connectivity index (χ4v) is 2.03. The molecule has 0 unspecified atom stereocenters. The average Bonchev–Trinajstić information content (AvgIpc) is 2.74. The first-order chi connectivity index (χ1) is 8.16. The molecule has 0 aliphatic carbocycles. The summed E-state index contributed by atoms with van der Waals surface area (Å²) in [5.74, 6) is -1.36. The Morgan fingerprint density at radius 2 is 2.00 bits per heavy atom. The highest BCUT2D eigenvalue weighted by Gasteiger charge is 2.09. The summed E-state index contributed by atoms with van der Waals surface area (Å²) in [4.78, 5) is 4.08. The van der Waals surface area contributed by atoms with E-state index >= 15 is 0 Å². The van der Waals surface area contributed by atoms with Crippen molar-refractivity contribution < 1.29 is 8.78 Å². The molecule has 0 saturated heterocycles. The zero-order valence-electron chi connectivity index (χ0n) is 8.91. The maximum atomic E-state index is 13.4. The van der Waals surface area contributed by atoms with E-state index < -0.39 is 11.6 Å². The van der Waals surface area contributed by atoms with E-state index in [9.17, 15) is 8.78 Å². The summed E-state index contributed by atoms with van der Waals surface area (Å²) in [5.41, 5.74) is 7.87. The van der Waals surface area contributed by atoms with Crippen molar-refractivity contribution in [3.8, 4) is 0 Å². The van der Waals surface area contributed by atoms with Crippen LogP contribution in [0.5, 0.6) is 0 Å². The number of aromatic nitrogens is 1. The number of hydrogen-bond acceptors (Lipinski definition) is 4. The second-order valence-electron chi connectivity index (χ2n) is 3.52. The van der Waals surface area contributed by atoms with Crippen molar-refractivity contribution in [1.82, 2.24) is 4.98 Å². The maximum Gasteiger partial charge on any atom is 0.151 e.